The van der Waals surface area contributed by atoms with Crippen LogP contribution >= 0.6 is 34.9 Å². The minimum absolute atomic E-state index is 0.571. The van der Waals surface area contributed by atoms with Crippen LogP contribution in [0.2, 0.25) is 0 Å². The van der Waals surface area contributed by atoms with Crippen molar-refractivity contribution in [2.24, 2.45) is 0 Å². The van der Waals surface area contributed by atoms with Crippen LogP contribution in [0.4, 0.5) is 0 Å². The number of nitriles is 1. The van der Waals surface area contributed by atoms with Crippen molar-refractivity contribution in [2.45, 2.75) is 24.8 Å². The monoisotopic (exact) mass is 399 g/mol. The molecule has 3 aromatic heterocycles. The molecule has 3 heterocycles. The third-order valence-electron chi connectivity index (χ3n) is 3.54. The van der Waals surface area contributed by atoms with Gasteiger partial charge in [0.1, 0.15) is 28.1 Å². The summed E-state index contributed by atoms with van der Waals surface area (Å²) in [6.45, 7) is 2.19. The summed E-state index contributed by atoms with van der Waals surface area (Å²) in [4.78, 5) is 17.3. The molecule has 0 aliphatic carbocycles. The first kappa shape index (κ1) is 18.8. The zero-order valence-corrected chi connectivity index (χ0v) is 16.7. The van der Waals surface area contributed by atoms with Crippen LogP contribution < -0.4 is 0 Å². The van der Waals surface area contributed by atoms with Crippen molar-refractivity contribution in [3.8, 4) is 27.9 Å². The fourth-order valence-corrected chi connectivity index (χ4v) is 5.07. The van der Waals surface area contributed by atoms with Gasteiger partial charge in [-0.3, -0.25) is 0 Å². The lowest BCUT2D eigenvalue weighted by Gasteiger charge is -2.11. The van der Waals surface area contributed by atoms with Crippen LogP contribution in [0.1, 0.15) is 25.3 Å². The number of nitrogens with zero attached hydrogens (tertiary/aromatic N) is 5. The Morgan fingerprint density at radius 3 is 2.81 bits per heavy atom. The van der Waals surface area contributed by atoms with Gasteiger partial charge in [-0.05, 0) is 18.2 Å². The first-order valence-electron chi connectivity index (χ1n) is 8.14. The van der Waals surface area contributed by atoms with Gasteiger partial charge in [0.25, 0.3) is 0 Å². The van der Waals surface area contributed by atoms with Crippen LogP contribution in [0.3, 0.4) is 0 Å². The Morgan fingerprint density at radius 1 is 1.27 bits per heavy atom. The molecule has 0 aromatic carbocycles. The maximum atomic E-state index is 9.76. The average molecular weight is 400 g/mol. The highest BCUT2D eigenvalue weighted by atomic mass is 32.2. The van der Waals surface area contributed by atoms with E-state index < -0.39 is 0 Å². The maximum Gasteiger partial charge on any atom is 0.141 e. The molecule has 0 N–H and O–H groups in total. The van der Waals surface area contributed by atoms with Gasteiger partial charge in [0.2, 0.25) is 0 Å². The number of thiazole rings is 1. The molecule has 132 valence electrons. The Kier molecular flexibility index (Phi) is 7.00. The summed E-state index contributed by atoms with van der Waals surface area (Å²) in [6.07, 6.45) is 9.09. The number of hydrogen-bond acceptors (Lipinski definition) is 8. The summed E-state index contributed by atoms with van der Waals surface area (Å²) in [5.41, 5.74) is 2.96. The number of hydrogen-bond donors (Lipinski definition) is 0. The summed E-state index contributed by atoms with van der Waals surface area (Å²) in [5, 5.41) is 14.1. The molecule has 0 amide bonds. The van der Waals surface area contributed by atoms with Crippen molar-refractivity contribution in [2.75, 3.05) is 10.8 Å². The molecule has 0 unspecified atom stereocenters. The van der Waals surface area contributed by atoms with E-state index >= 15 is 0 Å². The predicted octanol–water partition coefficient (Wildman–Crippen LogP) is 5.12. The average Bonchev–Trinajstić information content (AvgIpc) is 3.22. The Bertz CT molecular complexity index is 876. The van der Waals surface area contributed by atoms with Gasteiger partial charge in [-0.15, -0.1) is 11.3 Å². The SMILES string of the molecule is CCCCSCSc1nc(-c2nccs2)cc(-c2cncnc2)c1C#N. The van der Waals surface area contributed by atoms with Gasteiger partial charge in [0.15, 0.2) is 0 Å². The molecular weight excluding hydrogens is 382 g/mol. The summed E-state index contributed by atoms with van der Waals surface area (Å²) in [7, 11) is 0. The molecule has 0 aliphatic heterocycles. The lowest BCUT2D eigenvalue weighted by Crippen LogP contribution is -1.96. The fraction of sp³-hybridized carbons (Fsp3) is 0.278. The second kappa shape index (κ2) is 9.67. The van der Waals surface area contributed by atoms with Gasteiger partial charge in [-0.1, -0.05) is 25.1 Å². The number of thioether (sulfide) groups is 2. The van der Waals surface area contributed by atoms with Crippen molar-refractivity contribution in [3.05, 3.63) is 41.9 Å². The molecule has 0 spiro atoms. The minimum Gasteiger partial charge on any atom is -0.244 e. The van der Waals surface area contributed by atoms with Gasteiger partial charge in [-0.2, -0.15) is 17.0 Å². The first-order chi connectivity index (χ1) is 12.8. The van der Waals surface area contributed by atoms with E-state index in [-0.39, 0.29) is 0 Å². The fourth-order valence-electron chi connectivity index (χ4n) is 2.26. The van der Waals surface area contributed by atoms with Crippen molar-refractivity contribution in [1.29, 1.82) is 5.26 Å². The van der Waals surface area contributed by atoms with Crippen LogP contribution in [0.5, 0.6) is 0 Å². The van der Waals surface area contributed by atoms with Crippen LogP contribution in [0.15, 0.2) is 41.4 Å². The molecule has 0 fully saturated rings. The van der Waals surface area contributed by atoms with E-state index in [9.17, 15) is 5.26 Å². The maximum absolute atomic E-state index is 9.76. The Morgan fingerprint density at radius 2 is 2.12 bits per heavy atom. The quantitative estimate of drug-likeness (QED) is 0.296. The predicted molar refractivity (Wildman–Crippen MR) is 109 cm³/mol. The zero-order chi connectivity index (χ0) is 18.2. The molecule has 26 heavy (non-hydrogen) atoms. The Hall–Kier alpha value is -1.95. The smallest absolute Gasteiger partial charge is 0.141 e. The third-order valence-corrected chi connectivity index (χ3v) is 6.62. The molecule has 0 radical (unpaired) electrons. The highest BCUT2D eigenvalue weighted by Crippen LogP contribution is 2.35. The van der Waals surface area contributed by atoms with Gasteiger partial charge in [-0.25, -0.2) is 19.9 Å². The lowest BCUT2D eigenvalue weighted by atomic mass is 10.0. The third kappa shape index (κ3) is 4.61. The number of aromatic nitrogens is 4. The molecule has 0 saturated carbocycles. The van der Waals surface area contributed by atoms with E-state index in [0.717, 1.165) is 37.7 Å². The largest absolute Gasteiger partial charge is 0.244 e. The molecular formula is C18H17N5S3. The molecule has 0 bridgehead atoms. The van der Waals surface area contributed by atoms with Crippen LogP contribution in [0.25, 0.3) is 21.8 Å². The van der Waals surface area contributed by atoms with Crippen molar-refractivity contribution >= 4 is 34.9 Å². The Balaban J connectivity index is 1.98. The van der Waals surface area contributed by atoms with Crippen molar-refractivity contribution < 1.29 is 0 Å². The topological polar surface area (TPSA) is 75.3 Å². The second-order valence-corrected chi connectivity index (χ2v) is 8.66. The normalized spacial score (nSPS) is 10.6. The van der Waals surface area contributed by atoms with E-state index in [4.69, 9.17) is 4.98 Å². The lowest BCUT2D eigenvalue weighted by molar-refractivity contribution is 0.897. The van der Waals surface area contributed by atoms with Crippen molar-refractivity contribution in [3.63, 3.8) is 0 Å². The summed E-state index contributed by atoms with van der Waals surface area (Å²) >= 11 is 5.02. The van der Waals surface area contributed by atoms with Gasteiger partial charge in [0, 0.05) is 40.2 Å². The van der Waals surface area contributed by atoms with Gasteiger partial charge < -0.3 is 0 Å². The summed E-state index contributed by atoms with van der Waals surface area (Å²) in [5.74, 6) is 1.12. The molecule has 3 aromatic rings. The molecule has 5 nitrogen and oxygen atoms in total. The van der Waals surface area contributed by atoms with Crippen molar-refractivity contribution in [1.82, 2.24) is 19.9 Å². The highest BCUT2D eigenvalue weighted by molar-refractivity contribution is 8.15. The van der Waals surface area contributed by atoms with Crippen LogP contribution in [0, 0.1) is 11.3 Å². The van der Waals surface area contributed by atoms with Gasteiger partial charge >= 0.3 is 0 Å². The number of unbranched alkanes of at least 4 members (excludes halogenated alkanes) is 1. The van der Waals surface area contributed by atoms with Crippen LogP contribution in [-0.4, -0.2) is 30.8 Å². The molecule has 8 heteroatoms. The number of pyridine rings is 1. The van der Waals surface area contributed by atoms with E-state index in [0.29, 0.717) is 5.56 Å². The second-order valence-electron chi connectivity index (χ2n) is 5.34. The zero-order valence-electron chi connectivity index (χ0n) is 14.3. The minimum atomic E-state index is 0.571. The molecule has 0 saturated heterocycles. The summed E-state index contributed by atoms with van der Waals surface area (Å²) in [6, 6.07) is 4.23. The van der Waals surface area contributed by atoms with E-state index in [1.54, 1.807) is 30.4 Å². The Labute approximate surface area is 165 Å². The molecule has 0 aliphatic rings. The first-order valence-corrected chi connectivity index (χ1v) is 11.2. The van der Waals surface area contributed by atoms with E-state index in [1.165, 1.54) is 30.5 Å². The van der Waals surface area contributed by atoms with E-state index in [1.807, 2.05) is 23.2 Å². The van der Waals surface area contributed by atoms with Crippen LogP contribution in [-0.2, 0) is 0 Å². The van der Waals surface area contributed by atoms with E-state index in [2.05, 4.69) is 27.9 Å². The standard InChI is InChI=1S/C18H17N5S3/c1-2-3-5-24-12-26-17-15(8-19)14(13-9-20-11-21-10-13)7-16(23-17)18-22-4-6-25-18/h4,6-7,9-11H,2-3,5,12H2,1H3. The highest BCUT2D eigenvalue weighted by Gasteiger charge is 2.17. The molecule has 3 rings (SSSR count). The number of rotatable bonds is 8. The molecule has 0 atom stereocenters. The van der Waals surface area contributed by atoms with Gasteiger partial charge in [0.05, 0.1) is 5.56 Å². The summed E-state index contributed by atoms with van der Waals surface area (Å²) < 4.78 is 0.